The standard InChI is InChI=1S/C42H62N4O5Si/c1-42(2,3)52(4,5)51-38(35-14-16-37(47)41-36(35)15-17-39(48)44-41)25-43-20-21-46(27-31-12-13-31)40(49)19-23-50-22-18-30-8-6-9-32(24-30)26-45-28-33-10-7-11-34(33)29-45/h6,8-9,14-17,24,31,33-34,38,43,47H,7,10-13,18-23,25-29H2,1-5H3,(H,44,48)/t33?,34?,38-/m0/s1. The first-order valence-electron chi connectivity index (χ1n) is 19.8. The average Bonchev–Trinajstić information content (AvgIpc) is 3.68. The molecule has 0 bridgehead atoms. The number of benzene rings is 2. The van der Waals surface area contributed by atoms with Gasteiger partial charge in [-0.2, -0.15) is 0 Å². The molecule has 3 fully saturated rings. The van der Waals surface area contributed by atoms with E-state index in [-0.39, 0.29) is 28.4 Å². The van der Waals surface area contributed by atoms with Crippen molar-refractivity contribution >= 4 is 25.1 Å². The summed E-state index contributed by atoms with van der Waals surface area (Å²) in [4.78, 5) is 32.9. The zero-order valence-corrected chi connectivity index (χ0v) is 33.2. The number of likely N-dealkylation sites (tertiary alicyclic amines) is 1. The van der Waals surface area contributed by atoms with Crippen LogP contribution in [-0.4, -0.2) is 86.6 Å². The number of aromatic hydroxyl groups is 1. The van der Waals surface area contributed by atoms with Crippen molar-refractivity contribution in [1.29, 1.82) is 0 Å². The summed E-state index contributed by atoms with van der Waals surface area (Å²) in [5.74, 6) is 2.62. The number of carbonyl (C=O) groups is 1. The Morgan fingerprint density at radius 1 is 1.04 bits per heavy atom. The highest BCUT2D eigenvalue weighted by Crippen LogP contribution is 2.41. The third-order valence-electron chi connectivity index (χ3n) is 12.1. The van der Waals surface area contributed by atoms with Crippen molar-refractivity contribution in [2.24, 2.45) is 17.8 Å². The third kappa shape index (κ3) is 10.1. The van der Waals surface area contributed by atoms with E-state index in [0.29, 0.717) is 50.7 Å². The maximum absolute atomic E-state index is 13.4. The summed E-state index contributed by atoms with van der Waals surface area (Å²) in [5.41, 5.74) is 3.77. The summed E-state index contributed by atoms with van der Waals surface area (Å²) in [6, 6.07) is 15.7. The van der Waals surface area contributed by atoms with Crippen LogP contribution < -0.4 is 10.9 Å². The number of amides is 1. The van der Waals surface area contributed by atoms with Gasteiger partial charge in [-0.3, -0.25) is 14.5 Å². The molecule has 10 heteroatoms. The van der Waals surface area contributed by atoms with Gasteiger partial charge in [0, 0.05) is 57.3 Å². The lowest BCUT2D eigenvalue weighted by Gasteiger charge is -2.39. The Morgan fingerprint density at radius 2 is 1.79 bits per heavy atom. The van der Waals surface area contributed by atoms with Gasteiger partial charge >= 0.3 is 0 Å². The second-order valence-electron chi connectivity index (χ2n) is 17.2. The molecule has 0 radical (unpaired) electrons. The molecule has 9 nitrogen and oxygen atoms in total. The Hall–Kier alpha value is -3.02. The molecule has 1 aromatic heterocycles. The van der Waals surface area contributed by atoms with E-state index in [4.69, 9.17) is 9.16 Å². The van der Waals surface area contributed by atoms with Gasteiger partial charge in [-0.25, -0.2) is 0 Å². The minimum Gasteiger partial charge on any atom is -0.506 e. The molecule has 6 rings (SSSR count). The molecule has 3 N–H and O–H groups in total. The molecule has 2 aliphatic carbocycles. The van der Waals surface area contributed by atoms with Crippen LogP contribution in [0.1, 0.15) is 82.1 Å². The number of ether oxygens (including phenoxy) is 1. The van der Waals surface area contributed by atoms with Crippen LogP contribution in [0.15, 0.2) is 53.3 Å². The highest BCUT2D eigenvalue weighted by molar-refractivity contribution is 6.74. The Kier molecular flexibility index (Phi) is 12.6. The predicted octanol–water partition coefficient (Wildman–Crippen LogP) is 7.01. The van der Waals surface area contributed by atoms with Crippen molar-refractivity contribution in [2.75, 3.05) is 52.5 Å². The third-order valence-corrected chi connectivity index (χ3v) is 16.6. The number of pyridine rings is 1. The number of phenols is 1. The number of phenolic OH excluding ortho intramolecular Hbond substituents is 1. The van der Waals surface area contributed by atoms with E-state index in [1.54, 1.807) is 12.1 Å². The van der Waals surface area contributed by atoms with Crippen LogP contribution in [0.5, 0.6) is 5.75 Å². The molecule has 3 aromatic rings. The van der Waals surface area contributed by atoms with Crippen molar-refractivity contribution in [1.82, 2.24) is 20.1 Å². The van der Waals surface area contributed by atoms with Crippen LogP contribution in [0.3, 0.4) is 0 Å². The van der Waals surface area contributed by atoms with E-state index < -0.39 is 8.32 Å². The number of aromatic nitrogens is 1. The van der Waals surface area contributed by atoms with Gasteiger partial charge in [0.2, 0.25) is 11.5 Å². The molecule has 1 aliphatic heterocycles. The van der Waals surface area contributed by atoms with E-state index in [0.717, 1.165) is 42.3 Å². The molecule has 2 aromatic carbocycles. The summed E-state index contributed by atoms with van der Waals surface area (Å²) in [5, 5.41) is 14.9. The SMILES string of the molecule is CC(C)(C)[Si](C)(C)O[C@@H](CNCCN(CC1CC1)C(=O)CCOCCc1cccc(CN2CC3CCCC3C2)c1)c1ccc(O)c2[nH]c(=O)ccc12. The Bertz CT molecular complexity index is 1700. The van der Waals surface area contributed by atoms with Gasteiger partial charge in [0.15, 0.2) is 8.32 Å². The van der Waals surface area contributed by atoms with Gasteiger partial charge in [-0.15, -0.1) is 0 Å². The van der Waals surface area contributed by atoms with Crippen LogP contribution in [0.2, 0.25) is 18.1 Å². The molecule has 0 spiro atoms. The molecule has 2 saturated carbocycles. The number of rotatable bonds is 18. The number of carbonyl (C=O) groups excluding carboxylic acids is 1. The molecule has 52 heavy (non-hydrogen) atoms. The van der Waals surface area contributed by atoms with Gasteiger partial charge in [0.25, 0.3) is 0 Å². The average molecular weight is 731 g/mol. The fourth-order valence-corrected chi connectivity index (χ4v) is 9.15. The second kappa shape index (κ2) is 17.0. The predicted molar refractivity (Wildman–Crippen MR) is 211 cm³/mol. The molecule has 1 amide bonds. The molecule has 2 heterocycles. The van der Waals surface area contributed by atoms with E-state index in [1.807, 2.05) is 11.0 Å². The number of fused-ring (bicyclic) bond motifs is 2. The fraction of sp³-hybridized carbons (Fsp3) is 0.619. The van der Waals surface area contributed by atoms with Crippen LogP contribution in [0.25, 0.3) is 10.9 Å². The maximum Gasteiger partial charge on any atom is 0.248 e. The van der Waals surface area contributed by atoms with E-state index in [1.165, 1.54) is 62.4 Å². The number of H-pyrrole nitrogens is 1. The smallest absolute Gasteiger partial charge is 0.248 e. The summed E-state index contributed by atoms with van der Waals surface area (Å²) in [6.45, 7) is 18.3. The minimum absolute atomic E-state index is 0.00148. The number of hydrogen-bond donors (Lipinski definition) is 3. The van der Waals surface area contributed by atoms with Gasteiger partial charge in [-0.1, -0.05) is 57.5 Å². The number of nitrogens with zero attached hydrogens (tertiary/aromatic N) is 2. The van der Waals surface area contributed by atoms with Crippen LogP contribution >= 0.6 is 0 Å². The first kappa shape index (κ1) is 38.7. The van der Waals surface area contributed by atoms with Crippen LogP contribution in [0.4, 0.5) is 0 Å². The van der Waals surface area contributed by atoms with Crippen molar-refractivity contribution in [3.63, 3.8) is 0 Å². The highest BCUT2D eigenvalue weighted by Gasteiger charge is 2.40. The normalized spacial score (nSPS) is 20.0. The van der Waals surface area contributed by atoms with Crippen LogP contribution in [-0.2, 0) is 26.9 Å². The number of nitrogens with one attached hydrogen (secondary N) is 2. The topological polar surface area (TPSA) is 107 Å². The molecule has 284 valence electrons. The van der Waals surface area contributed by atoms with Crippen molar-refractivity contribution < 1.29 is 19.1 Å². The first-order chi connectivity index (χ1) is 24.9. The summed E-state index contributed by atoms with van der Waals surface area (Å²) >= 11 is 0. The highest BCUT2D eigenvalue weighted by atomic mass is 28.4. The molecule has 3 atom stereocenters. The fourth-order valence-electron chi connectivity index (χ4n) is 7.88. The second-order valence-corrected chi connectivity index (χ2v) is 22.0. The minimum atomic E-state index is -2.19. The molecular weight excluding hydrogens is 669 g/mol. The number of aromatic amines is 1. The van der Waals surface area contributed by atoms with Crippen LogP contribution in [0, 0.1) is 17.8 Å². The van der Waals surface area contributed by atoms with Gasteiger partial charge < -0.3 is 29.5 Å². The summed E-state index contributed by atoms with van der Waals surface area (Å²) < 4.78 is 13.0. The van der Waals surface area contributed by atoms with Crippen molar-refractivity contribution in [2.45, 2.75) is 96.5 Å². The zero-order valence-electron chi connectivity index (χ0n) is 32.2. The Balaban J connectivity index is 0.981. The molecule has 1 saturated heterocycles. The van der Waals surface area contributed by atoms with Gasteiger partial charge in [0.1, 0.15) is 5.75 Å². The lowest BCUT2D eigenvalue weighted by atomic mass is 10.0. The summed E-state index contributed by atoms with van der Waals surface area (Å²) in [6.07, 6.45) is 7.56. The van der Waals surface area contributed by atoms with Crippen molar-refractivity contribution in [3.8, 4) is 5.75 Å². The lowest BCUT2D eigenvalue weighted by molar-refractivity contribution is -0.132. The monoisotopic (exact) mass is 730 g/mol. The maximum atomic E-state index is 13.4. The Morgan fingerprint density at radius 3 is 2.52 bits per heavy atom. The number of hydrogen-bond acceptors (Lipinski definition) is 7. The van der Waals surface area contributed by atoms with Gasteiger partial charge in [0.05, 0.1) is 31.3 Å². The zero-order chi connectivity index (χ0) is 36.9. The largest absolute Gasteiger partial charge is 0.506 e. The van der Waals surface area contributed by atoms with E-state index >= 15 is 0 Å². The molecular formula is C42H62N4O5Si. The molecule has 2 unspecified atom stereocenters. The van der Waals surface area contributed by atoms with Gasteiger partial charge in [-0.05, 0) is 96.8 Å². The summed E-state index contributed by atoms with van der Waals surface area (Å²) in [7, 11) is -2.19. The quantitative estimate of drug-likeness (QED) is 0.0956. The lowest BCUT2D eigenvalue weighted by Crippen LogP contribution is -2.44. The first-order valence-corrected chi connectivity index (χ1v) is 22.7. The van der Waals surface area contributed by atoms with E-state index in [2.05, 4.69) is 73.3 Å². The van der Waals surface area contributed by atoms with Crippen molar-refractivity contribution in [3.05, 3.63) is 75.6 Å². The van der Waals surface area contributed by atoms with E-state index in [9.17, 15) is 14.7 Å². The Labute approximate surface area is 311 Å². The molecule has 3 aliphatic rings.